The molecule has 0 saturated carbocycles. The van der Waals surface area contributed by atoms with Crippen molar-refractivity contribution in [2.24, 2.45) is 11.8 Å². The highest BCUT2D eigenvalue weighted by Crippen LogP contribution is 2.21. The van der Waals surface area contributed by atoms with Crippen LogP contribution in [0.3, 0.4) is 0 Å². The van der Waals surface area contributed by atoms with Crippen molar-refractivity contribution < 1.29 is 28.7 Å². The van der Waals surface area contributed by atoms with Crippen molar-refractivity contribution >= 4 is 23.8 Å². The van der Waals surface area contributed by atoms with Gasteiger partial charge >= 0.3 is 11.9 Å². The van der Waals surface area contributed by atoms with Crippen LogP contribution in [-0.4, -0.2) is 86.5 Å². The van der Waals surface area contributed by atoms with Gasteiger partial charge in [-0.15, -0.1) is 0 Å². The van der Waals surface area contributed by atoms with Crippen LogP contribution in [-0.2, 0) is 28.7 Å². The first-order valence-corrected chi connectivity index (χ1v) is 28.7. The lowest BCUT2D eigenvalue weighted by molar-refractivity contribution is -0.146. The molecule has 9 heteroatoms. The molecule has 9 nitrogen and oxygen atoms in total. The molecule has 0 aliphatic rings. The van der Waals surface area contributed by atoms with Gasteiger partial charge in [-0.05, 0) is 83.7 Å². The fourth-order valence-electron chi connectivity index (χ4n) is 9.05. The van der Waals surface area contributed by atoms with Gasteiger partial charge in [-0.2, -0.15) is 0 Å². The third kappa shape index (κ3) is 39.8. The fourth-order valence-corrected chi connectivity index (χ4v) is 9.05. The molecule has 0 radical (unpaired) electrons. The topological polar surface area (TPSA) is 105 Å². The number of unbranched alkanes of at least 4 members (excludes halogenated alkanes) is 23. The van der Waals surface area contributed by atoms with Gasteiger partial charge in [-0.25, -0.2) is 0 Å². The van der Waals surface area contributed by atoms with Gasteiger partial charge < -0.3 is 24.6 Å². The summed E-state index contributed by atoms with van der Waals surface area (Å²) in [5, 5.41) is 3.24. The fraction of sp³-hybridized carbons (Fsp3) is 0.930. The van der Waals surface area contributed by atoms with Crippen molar-refractivity contribution in [3.8, 4) is 0 Å². The minimum atomic E-state index is -0.453. The highest BCUT2D eigenvalue weighted by Gasteiger charge is 2.29. The molecule has 66 heavy (non-hydrogen) atoms. The van der Waals surface area contributed by atoms with Crippen LogP contribution >= 0.6 is 0 Å². The number of amides is 2. The van der Waals surface area contributed by atoms with E-state index in [0.717, 1.165) is 116 Å². The summed E-state index contributed by atoms with van der Waals surface area (Å²) in [4.78, 5) is 56.9. The van der Waals surface area contributed by atoms with Crippen LogP contribution in [0, 0.1) is 11.8 Å². The van der Waals surface area contributed by atoms with E-state index in [1.807, 2.05) is 23.9 Å². The number of ether oxygens (including phenoxy) is 2. The van der Waals surface area contributed by atoms with E-state index in [-0.39, 0.29) is 23.8 Å². The Kier molecular flexibility index (Phi) is 46.3. The third-order valence-electron chi connectivity index (χ3n) is 13.6. The van der Waals surface area contributed by atoms with Crippen molar-refractivity contribution in [1.29, 1.82) is 0 Å². The van der Waals surface area contributed by atoms with Crippen molar-refractivity contribution in [1.82, 2.24) is 15.1 Å². The predicted octanol–water partition coefficient (Wildman–Crippen LogP) is 15.1. The van der Waals surface area contributed by atoms with Crippen molar-refractivity contribution in [2.45, 2.75) is 285 Å². The quantitative estimate of drug-likeness (QED) is 0.0478. The zero-order valence-corrected chi connectivity index (χ0v) is 45.0. The summed E-state index contributed by atoms with van der Waals surface area (Å²) in [5.74, 6) is 0.955. The third-order valence-corrected chi connectivity index (χ3v) is 13.6. The minimum Gasteiger partial charge on any atom is -0.465 e. The number of hydrogen-bond acceptors (Lipinski definition) is 7. The molecule has 1 N–H and O–H groups in total. The summed E-state index contributed by atoms with van der Waals surface area (Å²) in [6.45, 7) is 14.2. The number of carbonyl (C=O) groups is 4. The predicted molar refractivity (Wildman–Crippen MR) is 280 cm³/mol. The van der Waals surface area contributed by atoms with Crippen molar-refractivity contribution in [3.63, 3.8) is 0 Å². The monoisotopic (exact) mass is 934 g/mol. The van der Waals surface area contributed by atoms with Gasteiger partial charge in [0, 0.05) is 38.9 Å². The van der Waals surface area contributed by atoms with Crippen LogP contribution in [0.2, 0.25) is 0 Å². The molecule has 0 rings (SSSR count). The average molecular weight is 935 g/mol. The summed E-state index contributed by atoms with van der Waals surface area (Å²) in [5.41, 5.74) is 0. The van der Waals surface area contributed by atoms with Crippen LogP contribution in [0.15, 0.2) is 0 Å². The summed E-state index contributed by atoms with van der Waals surface area (Å²) < 4.78 is 11.5. The Morgan fingerprint density at radius 2 is 0.788 bits per heavy atom. The first kappa shape index (κ1) is 63.8. The van der Waals surface area contributed by atoms with Crippen LogP contribution in [0.1, 0.15) is 279 Å². The maximum absolute atomic E-state index is 13.9. The number of nitrogens with one attached hydrogen (secondary N) is 1. The second-order valence-corrected chi connectivity index (χ2v) is 20.3. The lowest BCUT2D eigenvalue weighted by Crippen LogP contribution is -2.50. The molecule has 3 unspecified atom stereocenters. The van der Waals surface area contributed by atoms with E-state index in [1.165, 1.54) is 103 Å². The average Bonchev–Trinajstić information content (AvgIpc) is 3.31. The van der Waals surface area contributed by atoms with E-state index in [0.29, 0.717) is 70.4 Å². The van der Waals surface area contributed by atoms with Gasteiger partial charge in [0.05, 0.1) is 13.2 Å². The number of rotatable bonds is 50. The Morgan fingerprint density at radius 3 is 1.26 bits per heavy atom. The zero-order chi connectivity index (χ0) is 48.7. The highest BCUT2D eigenvalue weighted by molar-refractivity contribution is 5.87. The van der Waals surface area contributed by atoms with E-state index < -0.39 is 6.04 Å². The van der Waals surface area contributed by atoms with Crippen LogP contribution in [0.5, 0.6) is 0 Å². The zero-order valence-electron chi connectivity index (χ0n) is 45.0. The number of nitrogens with zero attached hydrogens (tertiary/aromatic N) is 2. The smallest absolute Gasteiger partial charge is 0.305 e. The van der Waals surface area contributed by atoms with E-state index in [4.69, 9.17) is 9.47 Å². The molecule has 0 aromatic heterocycles. The molecule has 0 aliphatic carbocycles. The molecule has 0 bridgehead atoms. The molecule has 0 aromatic carbocycles. The minimum absolute atomic E-state index is 0.00164. The Balaban J connectivity index is 5.08. The molecule has 0 aliphatic heterocycles. The number of carbonyl (C=O) groups excluding carboxylic acids is 4. The Bertz CT molecular complexity index is 1120. The highest BCUT2D eigenvalue weighted by atomic mass is 16.5. The van der Waals surface area contributed by atoms with Crippen LogP contribution < -0.4 is 5.32 Å². The van der Waals surface area contributed by atoms with Gasteiger partial charge in [-0.1, -0.05) is 202 Å². The van der Waals surface area contributed by atoms with Crippen molar-refractivity contribution in [3.05, 3.63) is 0 Å². The molecule has 390 valence electrons. The molecule has 2 amide bonds. The second kappa shape index (κ2) is 47.9. The largest absolute Gasteiger partial charge is 0.465 e. The maximum atomic E-state index is 13.9. The summed E-state index contributed by atoms with van der Waals surface area (Å²) >= 11 is 0. The second-order valence-electron chi connectivity index (χ2n) is 20.3. The molecule has 0 spiro atoms. The lowest BCUT2D eigenvalue weighted by atomic mass is 9.96. The molecular weight excluding hydrogens is 823 g/mol. The van der Waals surface area contributed by atoms with E-state index >= 15 is 0 Å². The Hall–Kier alpha value is -2.16. The Morgan fingerprint density at radius 1 is 0.409 bits per heavy atom. The molecule has 0 fully saturated rings. The van der Waals surface area contributed by atoms with Gasteiger partial charge in [0.25, 0.3) is 0 Å². The maximum Gasteiger partial charge on any atom is 0.305 e. The molecule has 0 aromatic rings. The van der Waals surface area contributed by atoms with Gasteiger partial charge in [0.2, 0.25) is 11.8 Å². The van der Waals surface area contributed by atoms with Gasteiger partial charge in [0.15, 0.2) is 0 Å². The normalized spacial score (nSPS) is 12.8. The molecule has 0 saturated heterocycles. The standard InChI is InChI=1S/C57H111N3O6/c1-8-13-18-21-29-36-46-58-57(64)53(42-33-26-22-23-27-34-43-55(62)65-49-51(38-16-11-4)40-31-19-14-9-2)60(54(61)45-48-59(6)7)47-37-30-25-24-28-35-44-56(63)66-50-52(39-17-12-5)41-32-20-15-10-3/h51-53H,8-50H2,1-7H3,(H,58,64). The SMILES string of the molecule is CCCCCCCCNC(=O)C(CCCCCCCCC(=O)OCC(CCCC)CCCCCC)N(CCCCCCCCC(=O)OCC(CCCC)CCCCCC)C(=O)CCN(C)C. The van der Waals surface area contributed by atoms with E-state index in [1.54, 1.807) is 0 Å². The van der Waals surface area contributed by atoms with Crippen molar-refractivity contribution in [2.75, 3.05) is 46.9 Å². The summed E-state index contributed by atoms with van der Waals surface area (Å²) in [6, 6.07) is -0.453. The van der Waals surface area contributed by atoms with E-state index in [2.05, 4.69) is 39.9 Å². The first-order valence-electron chi connectivity index (χ1n) is 28.7. The Labute approximate surface area is 409 Å². The van der Waals surface area contributed by atoms with Crippen LogP contribution in [0.25, 0.3) is 0 Å². The van der Waals surface area contributed by atoms with Gasteiger partial charge in [0.1, 0.15) is 6.04 Å². The summed E-state index contributed by atoms with van der Waals surface area (Å²) in [7, 11) is 3.98. The molecule has 3 atom stereocenters. The van der Waals surface area contributed by atoms with Crippen LogP contribution in [0.4, 0.5) is 0 Å². The van der Waals surface area contributed by atoms with Gasteiger partial charge in [-0.3, -0.25) is 19.2 Å². The molecule has 0 heterocycles. The number of esters is 2. The lowest BCUT2D eigenvalue weighted by Gasteiger charge is -2.32. The number of hydrogen-bond donors (Lipinski definition) is 1. The molecular formula is C57H111N3O6. The summed E-state index contributed by atoms with van der Waals surface area (Å²) in [6.07, 6.45) is 40.3. The first-order chi connectivity index (χ1) is 32.1. The van der Waals surface area contributed by atoms with E-state index in [9.17, 15) is 19.2 Å².